The number of hydrogen-bond acceptors (Lipinski definition) is 2. The fourth-order valence-corrected chi connectivity index (χ4v) is 3.00. The molecule has 0 aromatic rings. The van der Waals surface area contributed by atoms with Gasteiger partial charge in [0, 0.05) is 12.6 Å². The number of carboxylic acids is 1. The third-order valence-corrected chi connectivity index (χ3v) is 4.15. The van der Waals surface area contributed by atoms with Crippen molar-refractivity contribution in [3.05, 3.63) is 12.2 Å². The number of rotatable bonds is 2. The number of amides is 1. The van der Waals surface area contributed by atoms with Crippen LogP contribution in [0.1, 0.15) is 39.0 Å². The summed E-state index contributed by atoms with van der Waals surface area (Å²) in [6.07, 6.45) is 8.10. The average Bonchev–Trinajstić information content (AvgIpc) is 2.38. The summed E-state index contributed by atoms with van der Waals surface area (Å²) >= 11 is 0. The Balaban J connectivity index is 2.11. The molecule has 3 unspecified atom stereocenters. The summed E-state index contributed by atoms with van der Waals surface area (Å²) in [5.41, 5.74) is 0. The summed E-state index contributed by atoms with van der Waals surface area (Å²) in [5.74, 6) is -1.72. The van der Waals surface area contributed by atoms with Crippen molar-refractivity contribution in [2.75, 3.05) is 6.54 Å². The molecule has 0 saturated carbocycles. The zero-order chi connectivity index (χ0) is 13.1. The molecule has 1 fully saturated rings. The Morgan fingerprint density at radius 2 is 1.83 bits per heavy atom. The van der Waals surface area contributed by atoms with Crippen LogP contribution >= 0.6 is 0 Å². The summed E-state index contributed by atoms with van der Waals surface area (Å²) in [6, 6.07) is 0.256. The first-order chi connectivity index (χ1) is 8.61. The van der Waals surface area contributed by atoms with Crippen LogP contribution in [-0.2, 0) is 9.59 Å². The molecule has 2 rings (SSSR count). The quantitative estimate of drug-likeness (QED) is 0.764. The largest absolute Gasteiger partial charge is 0.481 e. The van der Waals surface area contributed by atoms with Crippen molar-refractivity contribution in [1.29, 1.82) is 0 Å². The molecule has 0 aromatic carbocycles. The lowest BCUT2D eigenvalue weighted by Crippen LogP contribution is -2.47. The normalized spacial score (nSPS) is 32.3. The minimum absolute atomic E-state index is 0.0407. The van der Waals surface area contributed by atoms with Gasteiger partial charge in [-0.1, -0.05) is 12.2 Å². The second-order valence-corrected chi connectivity index (χ2v) is 5.37. The molecule has 0 bridgehead atoms. The molecule has 4 nitrogen and oxygen atoms in total. The lowest BCUT2D eigenvalue weighted by molar-refractivity contribution is -0.152. The molecule has 1 heterocycles. The van der Waals surface area contributed by atoms with Gasteiger partial charge in [-0.25, -0.2) is 0 Å². The van der Waals surface area contributed by atoms with E-state index in [1.807, 2.05) is 17.1 Å². The lowest BCUT2D eigenvalue weighted by Gasteiger charge is -2.37. The summed E-state index contributed by atoms with van der Waals surface area (Å²) in [5, 5.41) is 9.22. The van der Waals surface area contributed by atoms with Crippen molar-refractivity contribution in [2.24, 2.45) is 11.8 Å². The van der Waals surface area contributed by atoms with Crippen molar-refractivity contribution in [2.45, 2.75) is 45.1 Å². The number of carbonyl (C=O) groups is 2. The van der Waals surface area contributed by atoms with E-state index in [2.05, 4.69) is 6.92 Å². The van der Waals surface area contributed by atoms with Gasteiger partial charge in [0.2, 0.25) is 5.91 Å². The number of likely N-dealkylation sites (tertiary alicyclic amines) is 1. The van der Waals surface area contributed by atoms with Crippen LogP contribution in [-0.4, -0.2) is 34.5 Å². The van der Waals surface area contributed by atoms with E-state index >= 15 is 0 Å². The van der Waals surface area contributed by atoms with Gasteiger partial charge in [0.05, 0.1) is 11.8 Å². The van der Waals surface area contributed by atoms with E-state index in [1.165, 1.54) is 0 Å². The first-order valence-corrected chi connectivity index (χ1v) is 6.79. The van der Waals surface area contributed by atoms with E-state index in [1.54, 1.807) is 0 Å². The van der Waals surface area contributed by atoms with Gasteiger partial charge in [0.15, 0.2) is 0 Å². The molecular weight excluding hydrogens is 230 g/mol. The van der Waals surface area contributed by atoms with Gasteiger partial charge in [-0.2, -0.15) is 0 Å². The first kappa shape index (κ1) is 13.1. The minimum Gasteiger partial charge on any atom is -0.481 e. The van der Waals surface area contributed by atoms with Crippen molar-refractivity contribution >= 4 is 11.9 Å². The molecule has 0 radical (unpaired) electrons. The van der Waals surface area contributed by atoms with Crippen LogP contribution < -0.4 is 0 Å². The number of carboxylic acid groups (broad SMARTS) is 1. The molecular formula is C14H21NO3. The highest BCUT2D eigenvalue weighted by molar-refractivity contribution is 5.85. The van der Waals surface area contributed by atoms with Gasteiger partial charge in [-0.05, 0) is 39.0 Å². The van der Waals surface area contributed by atoms with Gasteiger partial charge < -0.3 is 10.0 Å². The van der Waals surface area contributed by atoms with Crippen molar-refractivity contribution < 1.29 is 14.7 Å². The maximum atomic E-state index is 12.5. The van der Waals surface area contributed by atoms with Crippen LogP contribution in [0, 0.1) is 11.8 Å². The van der Waals surface area contributed by atoms with Gasteiger partial charge in [-0.3, -0.25) is 9.59 Å². The maximum Gasteiger partial charge on any atom is 0.307 e. The van der Waals surface area contributed by atoms with Gasteiger partial charge >= 0.3 is 5.97 Å². The predicted molar refractivity (Wildman–Crippen MR) is 68.0 cm³/mol. The second-order valence-electron chi connectivity index (χ2n) is 5.37. The van der Waals surface area contributed by atoms with Gasteiger partial charge in [0.1, 0.15) is 0 Å². The Bertz CT molecular complexity index is 364. The van der Waals surface area contributed by atoms with E-state index in [0.29, 0.717) is 12.8 Å². The van der Waals surface area contributed by atoms with Crippen LogP contribution in [0.5, 0.6) is 0 Å². The Morgan fingerprint density at radius 3 is 2.44 bits per heavy atom. The first-order valence-electron chi connectivity index (χ1n) is 6.79. The zero-order valence-corrected chi connectivity index (χ0v) is 10.8. The summed E-state index contributed by atoms with van der Waals surface area (Å²) in [6.45, 7) is 2.85. The smallest absolute Gasteiger partial charge is 0.307 e. The molecule has 1 N–H and O–H groups in total. The average molecular weight is 251 g/mol. The van der Waals surface area contributed by atoms with Crippen molar-refractivity contribution in [1.82, 2.24) is 4.90 Å². The molecule has 3 atom stereocenters. The lowest BCUT2D eigenvalue weighted by atomic mass is 9.81. The highest BCUT2D eigenvalue weighted by Crippen LogP contribution is 2.30. The van der Waals surface area contributed by atoms with E-state index in [-0.39, 0.29) is 17.9 Å². The number of aliphatic carboxylic acids is 1. The van der Waals surface area contributed by atoms with Crippen LogP contribution in [0.2, 0.25) is 0 Å². The Labute approximate surface area is 108 Å². The van der Waals surface area contributed by atoms with Crippen LogP contribution in [0.15, 0.2) is 12.2 Å². The van der Waals surface area contributed by atoms with Crippen LogP contribution in [0.3, 0.4) is 0 Å². The fourth-order valence-electron chi connectivity index (χ4n) is 3.00. The number of piperidine rings is 1. The molecule has 0 spiro atoms. The van der Waals surface area contributed by atoms with Crippen molar-refractivity contribution in [3.63, 3.8) is 0 Å². The van der Waals surface area contributed by atoms with Crippen LogP contribution in [0.25, 0.3) is 0 Å². The number of nitrogens with zero attached hydrogens (tertiary/aromatic N) is 1. The Kier molecular flexibility index (Phi) is 4.04. The number of allylic oxidation sites excluding steroid dienone is 2. The predicted octanol–water partition coefficient (Wildman–Crippen LogP) is 2.05. The molecule has 1 aliphatic carbocycles. The Morgan fingerprint density at radius 1 is 1.17 bits per heavy atom. The summed E-state index contributed by atoms with van der Waals surface area (Å²) in [4.78, 5) is 25.6. The second kappa shape index (κ2) is 5.55. The number of hydrogen-bond donors (Lipinski definition) is 1. The van der Waals surface area contributed by atoms with Gasteiger partial charge in [-0.15, -0.1) is 0 Å². The highest BCUT2D eigenvalue weighted by atomic mass is 16.4. The number of carbonyl (C=O) groups excluding carboxylic acids is 1. The third-order valence-electron chi connectivity index (χ3n) is 4.15. The maximum absolute atomic E-state index is 12.5. The molecule has 18 heavy (non-hydrogen) atoms. The molecule has 1 amide bonds. The van der Waals surface area contributed by atoms with Crippen molar-refractivity contribution in [3.8, 4) is 0 Å². The molecule has 100 valence electrons. The molecule has 2 aliphatic rings. The summed E-state index contributed by atoms with van der Waals surface area (Å²) in [7, 11) is 0. The van der Waals surface area contributed by atoms with Gasteiger partial charge in [0.25, 0.3) is 0 Å². The van der Waals surface area contributed by atoms with E-state index in [0.717, 1.165) is 25.8 Å². The minimum atomic E-state index is -0.845. The monoisotopic (exact) mass is 251 g/mol. The Hall–Kier alpha value is -1.32. The van der Waals surface area contributed by atoms with E-state index in [4.69, 9.17) is 0 Å². The highest BCUT2D eigenvalue weighted by Gasteiger charge is 2.37. The fraction of sp³-hybridized carbons (Fsp3) is 0.714. The standard InChI is InChI=1S/C14H21NO3/c1-10-6-4-5-9-15(10)13(16)11-7-2-3-8-12(11)14(17)18/h2-3,10-12H,4-9H2,1H3,(H,17,18). The molecule has 1 saturated heterocycles. The third kappa shape index (κ3) is 2.57. The molecule has 0 aromatic heterocycles. The van der Waals surface area contributed by atoms with E-state index in [9.17, 15) is 14.7 Å². The molecule has 4 heteroatoms. The molecule has 1 aliphatic heterocycles. The SMILES string of the molecule is CC1CCCCN1C(=O)C1CC=CCC1C(=O)O. The topological polar surface area (TPSA) is 57.6 Å². The summed E-state index contributed by atoms with van der Waals surface area (Å²) < 4.78 is 0. The van der Waals surface area contributed by atoms with E-state index < -0.39 is 11.9 Å². The zero-order valence-electron chi connectivity index (χ0n) is 10.8. The van der Waals surface area contributed by atoms with Crippen LogP contribution in [0.4, 0.5) is 0 Å².